The highest BCUT2D eigenvalue weighted by atomic mass is 19.1. The molecule has 0 aliphatic carbocycles. The zero-order valence-electron chi connectivity index (χ0n) is 17.2. The summed E-state index contributed by atoms with van der Waals surface area (Å²) in [5.74, 6) is 1.29. The number of benzene rings is 3. The van der Waals surface area contributed by atoms with Crippen molar-refractivity contribution >= 4 is 22.6 Å². The van der Waals surface area contributed by atoms with E-state index in [2.05, 4.69) is 4.57 Å². The Bertz CT molecular complexity index is 1250. The van der Waals surface area contributed by atoms with Crippen molar-refractivity contribution in [3.05, 3.63) is 90.0 Å². The maximum absolute atomic E-state index is 13.4. The van der Waals surface area contributed by atoms with Crippen molar-refractivity contribution in [3.63, 3.8) is 0 Å². The fourth-order valence-corrected chi connectivity index (χ4v) is 4.31. The number of nitrogens with zero attached hydrogens (tertiary/aromatic N) is 3. The highest BCUT2D eigenvalue weighted by Gasteiger charge is 2.35. The number of amides is 1. The molecule has 4 aromatic rings. The topological polar surface area (TPSA) is 47.4 Å². The summed E-state index contributed by atoms with van der Waals surface area (Å²) in [6.45, 7) is 1.10. The Labute approximate surface area is 179 Å². The molecule has 0 saturated carbocycles. The lowest BCUT2D eigenvalue weighted by atomic mass is 10.1. The van der Waals surface area contributed by atoms with Crippen LogP contribution < -0.4 is 9.64 Å². The second-order valence-electron chi connectivity index (χ2n) is 7.75. The van der Waals surface area contributed by atoms with Gasteiger partial charge in [-0.2, -0.15) is 0 Å². The van der Waals surface area contributed by atoms with Crippen molar-refractivity contribution in [1.29, 1.82) is 0 Å². The summed E-state index contributed by atoms with van der Waals surface area (Å²) in [5, 5.41) is 0. The van der Waals surface area contributed by atoms with E-state index in [1.165, 1.54) is 12.1 Å². The van der Waals surface area contributed by atoms with Crippen molar-refractivity contribution in [2.45, 2.75) is 18.9 Å². The molecule has 1 aliphatic rings. The summed E-state index contributed by atoms with van der Waals surface area (Å²) in [7, 11) is 1.61. The molecule has 2 heterocycles. The Morgan fingerprint density at radius 2 is 1.77 bits per heavy atom. The molecule has 3 aromatic carbocycles. The van der Waals surface area contributed by atoms with Gasteiger partial charge in [0.2, 0.25) is 5.91 Å². The number of imidazole rings is 1. The summed E-state index contributed by atoms with van der Waals surface area (Å²) < 4.78 is 21.0. The molecule has 156 valence electrons. The van der Waals surface area contributed by atoms with Crippen molar-refractivity contribution in [2.75, 3.05) is 18.6 Å². The van der Waals surface area contributed by atoms with E-state index in [9.17, 15) is 9.18 Å². The number of methoxy groups -OCH3 is 1. The lowest BCUT2D eigenvalue weighted by Crippen LogP contribution is -2.25. The van der Waals surface area contributed by atoms with Gasteiger partial charge in [0.1, 0.15) is 17.4 Å². The van der Waals surface area contributed by atoms with Crippen molar-refractivity contribution in [3.8, 4) is 5.75 Å². The molecule has 0 spiro atoms. The second kappa shape index (κ2) is 7.87. The Kier molecular flexibility index (Phi) is 4.90. The van der Waals surface area contributed by atoms with Crippen LogP contribution in [0.5, 0.6) is 5.75 Å². The summed E-state index contributed by atoms with van der Waals surface area (Å²) in [5.41, 5.74) is 3.66. The van der Waals surface area contributed by atoms with E-state index in [0.717, 1.165) is 28.1 Å². The predicted molar refractivity (Wildman–Crippen MR) is 118 cm³/mol. The standard InChI is InChI=1S/C25H22FN3O2/c1-31-23-9-5-4-8-22(23)28-16-18(14-24(28)30)25-27-20-6-2-3-7-21(20)29(25)15-17-10-12-19(26)13-11-17/h2-13,18H,14-16H2,1H3/t18-/m1/s1. The van der Waals surface area contributed by atoms with Gasteiger partial charge in [-0.25, -0.2) is 9.37 Å². The Morgan fingerprint density at radius 3 is 2.58 bits per heavy atom. The maximum Gasteiger partial charge on any atom is 0.227 e. The number of ether oxygens (including phenoxy) is 1. The van der Waals surface area contributed by atoms with Crippen LogP contribution in [0, 0.1) is 5.82 Å². The molecular weight excluding hydrogens is 393 g/mol. The number of carbonyl (C=O) groups is 1. The zero-order valence-corrected chi connectivity index (χ0v) is 17.2. The average Bonchev–Trinajstić information content (AvgIpc) is 3.36. The zero-order chi connectivity index (χ0) is 21.4. The normalized spacial score (nSPS) is 16.3. The van der Waals surface area contributed by atoms with Gasteiger partial charge in [0, 0.05) is 25.4 Å². The molecule has 1 aliphatic heterocycles. The molecule has 1 amide bonds. The first-order chi connectivity index (χ1) is 15.1. The van der Waals surface area contributed by atoms with Crippen LogP contribution >= 0.6 is 0 Å². The fraction of sp³-hybridized carbons (Fsp3) is 0.200. The van der Waals surface area contributed by atoms with Gasteiger partial charge >= 0.3 is 0 Å². The van der Waals surface area contributed by atoms with Gasteiger partial charge < -0.3 is 14.2 Å². The number of hydrogen-bond acceptors (Lipinski definition) is 3. The Hall–Kier alpha value is -3.67. The van der Waals surface area contributed by atoms with Gasteiger partial charge in [0.15, 0.2) is 0 Å². The van der Waals surface area contributed by atoms with Crippen LogP contribution in [0.25, 0.3) is 11.0 Å². The molecule has 1 atom stereocenters. The number of anilines is 1. The second-order valence-corrected chi connectivity index (χ2v) is 7.75. The van der Waals surface area contributed by atoms with E-state index in [1.807, 2.05) is 48.5 Å². The van der Waals surface area contributed by atoms with Crippen LogP contribution in [-0.2, 0) is 11.3 Å². The van der Waals surface area contributed by atoms with Crippen LogP contribution in [0.4, 0.5) is 10.1 Å². The van der Waals surface area contributed by atoms with E-state index in [0.29, 0.717) is 25.3 Å². The number of aromatic nitrogens is 2. The van der Waals surface area contributed by atoms with E-state index in [4.69, 9.17) is 9.72 Å². The number of rotatable bonds is 5. The minimum Gasteiger partial charge on any atom is -0.495 e. The third-order valence-corrected chi connectivity index (χ3v) is 5.80. The maximum atomic E-state index is 13.4. The van der Waals surface area contributed by atoms with Crippen molar-refractivity contribution < 1.29 is 13.9 Å². The molecule has 6 heteroatoms. The van der Waals surface area contributed by atoms with Gasteiger partial charge in [-0.15, -0.1) is 0 Å². The average molecular weight is 415 g/mol. The Morgan fingerprint density at radius 1 is 1.03 bits per heavy atom. The molecular formula is C25H22FN3O2. The number of halogens is 1. The number of hydrogen-bond donors (Lipinski definition) is 0. The number of para-hydroxylation sites is 4. The smallest absolute Gasteiger partial charge is 0.227 e. The highest BCUT2D eigenvalue weighted by Crippen LogP contribution is 2.37. The first-order valence-electron chi connectivity index (χ1n) is 10.3. The van der Waals surface area contributed by atoms with Crippen LogP contribution in [0.15, 0.2) is 72.8 Å². The molecule has 0 bridgehead atoms. The SMILES string of the molecule is COc1ccccc1N1C[C@H](c2nc3ccccc3n2Cc2ccc(F)cc2)CC1=O. The minimum atomic E-state index is -0.256. The summed E-state index contributed by atoms with van der Waals surface area (Å²) in [6.07, 6.45) is 0.380. The van der Waals surface area contributed by atoms with Gasteiger partial charge in [-0.1, -0.05) is 36.4 Å². The molecule has 0 unspecified atom stereocenters. The molecule has 0 radical (unpaired) electrons. The Balaban J connectivity index is 1.53. The first kappa shape index (κ1) is 19.3. The number of fused-ring (bicyclic) bond motifs is 1. The number of carbonyl (C=O) groups excluding carboxylic acids is 1. The van der Waals surface area contributed by atoms with Gasteiger partial charge in [0.05, 0.1) is 23.8 Å². The molecule has 5 rings (SSSR count). The summed E-state index contributed by atoms with van der Waals surface area (Å²) in [6, 6.07) is 22.0. The van der Waals surface area contributed by atoms with Crippen molar-refractivity contribution in [2.24, 2.45) is 0 Å². The van der Waals surface area contributed by atoms with Crippen LogP contribution in [0.1, 0.15) is 23.7 Å². The van der Waals surface area contributed by atoms with E-state index < -0.39 is 0 Å². The third kappa shape index (κ3) is 3.54. The predicted octanol–water partition coefficient (Wildman–Crippen LogP) is 4.75. The molecule has 1 fully saturated rings. The van der Waals surface area contributed by atoms with E-state index >= 15 is 0 Å². The van der Waals surface area contributed by atoms with Crippen LogP contribution in [0.3, 0.4) is 0 Å². The first-order valence-corrected chi connectivity index (χ1v) is 10.3. The van der Waals surface area contributed by atoms with Gasteiger partial charge in [0.25, 0.3) is 0 Å². The minimum absolute atomic E-state index is 0.0507. The molecule has 0 N–H and O–H groups in total. The van der Waals surface area contributed by atoms with Crippen LogP contribution in [0.2, 0.25) is 0 Å². The monoisotopic (exact) mass is 415 g/mol. The van der Waals surface area contributed by atoms with E-state index in [1.54, 1.807) is 24.1 Å². The van der Waals surface area contributed by atoms with Crippen LogP contribution in [-0.4, -0.2) is 29.1 Å². The molecule has 5 nitrogen and oxygen atoms in total. The highest BCUT2D eigenvalue weighted by molar-refractivity contribution is 5.97. The molecule has 1 aromatic heterocycles. The lowest BCUT2D eigenvalue weighted by molar-refractivity contribution is -0.117. The fourth-order valence-electron chi connectivity index (χ4n) is 4.31. The largest absolute Gasteiger partial charge is 0.495 e. The van der Waals surface area contributed by atoms with Gasteiger partial charge in [-0.3, -0.25) is 4.79 Å². The van der Waals surface area contributed by atoms with Gasteiger partial charge in [-0.05, 0) is 42.0 Å². The van der Waals surface area contributed by atoms with E-state index in [-0.39, 0.29) is 17.6 Å². The van der Waals surface area contributed by atoms with Crippen molar-refractivity contribution in [1.82, 2.24) is 9.55 Å². The summed E-state index contributed by atoms with van der Waals surface area (Å²) >= 11 is 0. The molecule has 31 heavy (non-hydrogen) atoms. The third-order valence-electron chi connectivity index (χ3n) is 5.80. The quantitative estimate of drug-likeness (QED) is 0.473. The summed E-state index contributed by atoms with van der Waals surface area (Å²) in [4.78, 5) is 19.6. The molecule has 1 saturated heterocycles. The lowest BCUT2D eigenvalue weighted by Gasteiger charge is -2.20.